The quantitative estimate of drug-likeness (QED) is 0.906. The van der Waals surface area contributed by atoms with E-state index in [9.17, 15) is 13.2 Å². The largest absolute Gasteiger partial charge is 0.314 e. The molecule has 1 aromatic rings. The minimum absolute atomic E-state index is 0.319. The van der Waals surface area contributed by atoms with Gasteiger partial charge in [-0.05, 0) is 18.6 Å². The smallest absolute Gasteiger partial charge is 0.240 e. The topological polar surface area (TPSA) is 15.3 Å². The van der Waals surface area contributed by atoms with Crippen LogP contribution in [0.1, 0.15) is 23.6 Å². The summed E-state index contributed by atoms with van der Waals surface area (Å²) in [5, 5.41) is 3.18. The van der Waals surface area contributed by atoms with Gasteiger partial charge in [0.2, 0.25) is 6.43 Å². The molecule has 19 heavy (non-hydrogen) atoms. The van der Waals surface area contributed by atoms with Gasteiger partial charge in [-0.15, -0.1) is 0 Å². The fourth-order valence-electron chi connectivity index (χ4n) is 2.54. The van der Waals surface area contributed by atoms with Crippen LogP contribution in [-0.2, 0) is 0 Å². The zero-order valence-electron chi connectivity index (χ0n) is 11.0. The number of aryl methyl sites for hydroxylation is 1. The van der Waals surface area contributed by atoms with Crippen LogP contribution in [0.5, 0.6) is 0 Å². The van der Waals surface area contributed by atoms with Gasteiger partial charge in [0.1, 0.15) is 5.82 Å². The molecule has 0 aliphatic carbocycles. The van der Waals surface area contributed by atoms with Crippen LogP contribution >= 0.6 is 0 Å². The molecular weight excluding hydrogens is 253 g/mol. The third kappa shape index (κ3) is 3.70. The number of nitrogens with one attached hydrogen (secondary N) is 1. The summed E-state index contributed by atoms with van der Waals surface area (Å²) >= 11 is 0. The molecule has 0 aromatic heterocycles. The van der Waals surface area contributed by atoms with Gasteiger partial charge in [-0.2, -0.15) is 0 Å². The lowest BCUT2D eigenvalue weighted by Gasteiger charge is -2.35. The first-order valence-electron chi connectivity index (χ1n) is 6.57. The Morgan fingerprint density at radius 2 is 1.95 bits per heavy atom. The third-order valence-electron chi connectivity index (χ3n) is 3.51. The van der Waals surface area contributed by atoms with Crippen molar-refractivity contribution >= 4 is 0 Å². The summed E-state index contributed by atoms with van der Waals surface area (Å²) in [4.78, 5) is 1.94. The Bertz CT molecular complexity index is 417. The van der Waals surface area contributed by atoms with Crippen LogP contribution in [0.15, 0.2) is 18.2 Å². The molecule has 1 heterocycles. The van der Waals surface area contributed by atoms with Gasteiger partial charge in [-0.25, -0.2) is 13.2 Å². The summed E-state index contributed by atoms with van der Waals surface area (Å²) in [6.45, 7) is 4.65. The second kappa shape index (κ2) is 6.39. The maximum atomic E-state index is 14.0. The van der Waals surface area contributed by atoms with E-state index >= 15 is 0 Å². The van der Waals surface area contributed by atoms with Crippen LogP contribution in [0.2, 0.25) is 0 Å². The molecule has 2 rings (SSSR count). The Morgan fingerprint density at radius 1 is 1.26 bits per heavy atom. The van der Waals surface area contributed by atoms with E-state index in [-0.39, 0.29) is 12.2 Å². The minimum atomic E-state index is -2.43. The highest BCUT2D eigenvalue weighted by molar-refractivity contribution is 5.26. The molecular formula is C14H19F3N2. The number of halogens is 3. The lowest BCUT2D eigenvalue weighted by Crippen LogP contribution is -2.45. The van der Waals surface area contributed by atoms with Crippen LogP contribution in [0.25, 0.3) is 0 Å². The first-order valence-corrected chi connectivity index (χ1v) is 6.57. The van der Waals surface area contributed by atoms with Crippen LogP contribution in [0, 0.1) is 12.7 Å². The lowest BCUT2D eigenvalue weighted by molar-refractivity contribution is 0.0725. The molecule has 1 atom stereocenters. The average molecular weight is 272 g/mol. The van der Waals surface area contributed by atoms with Crippen molar-refractivity contribution in [2.24, 2.45) is 0 Å². The van der Waals surface area contributed by atoms with Crippen molar-refractivity contribution in [3.8, 4) is 0 Å². The molecule has 0 spiro atoms. The summed E-state index contributed by atoms with van der Waals surface area (Å²) in [6, 6.07) is 4.29. The maximum absolute atomic E-state index is 14.0. The van der Waals surface area contributed by atoms with Gasteiger partial charge < -0.3 is 5.32 Å². The average Bonchev–Trinajstić information content (AvgIpc) is 2.37. The van der Waals surface area contributed by atoms with Gasteiger partial charge in [-0.1, -0.05) is 12.1 Å². The van der Waals surface area contributed by atoms with E-state index in [2.05, 4.69) is 5.32 Å². The zero-order chi connectivity index (χ0) is 13.8. The SMILES string of the molecule is Cc1ccc([C@@H](CC(F)F)N2CCNCC2)c(F)c1. The van der Waals surface area contributed by atoms with Crippen molar-refractivity contribution in [2.45, 2.75) is 25.8 Å². The summed E-state index contributed by atoms with van der Waals surface area (Å²) in [5.74, 6) is -0.385. The number of benzene rings is 1. The number of alkyl halides is 2. The van der Waals surface area contributed by atoms with Crippen molar-refractivity contribution in [3.05, 3.63) is 35.1 Å². The molecule has 1 aromatic carbocycles. The van der Waals surface area contributed by atoms with E-state index in [1.54, 1.807) is 19.1 Å². The number of nitrogens with zero attached hydrogens (tertiary/aromatic N) is 1. The van der Waals surface area contributed by atoms with E-state index in [0.29, 0.717) is 18.7 Å². The third-order valence-corrected chi connectivity index (χ3v) is 3.51. The molecule has 2 nitrogen and oxygen atoms in total. The molecule has 1 aliphatic rings. The van der Waals surface area contributed by atoms with Gasteiger partial charge in [0.05, 0.1) is 0 Å². The second-order valence-corrected chi connectivity index (χ2v) is 4.95. The van der Waals surface area contributed by atoms with Crippen molar-refractivity contribution < 1.29 is 13.2 Å². The van der Waals surface area contributed by atoms with Crippen molar-refractivity contribution in [1.29, 1.82) is 0 Å². The summed E-state index contributed by atoms with van der Waals surface area (Å²) in [6.07, 6.45) is -2.75. The van der Waals surface area contributed by atoms with E-state index < -0.39 is 12.5 Å². The van der Waals surface area contributed by atoms with Crippen LogP contribution in [0.4, 0.5) is 13.2 Å². The van der Waals surface area contributed by atoms with Crippen LogP contribution in [-0.4, -0.2) is 37.5 Å². The van der Waals surface area contributed by atoms with Gasteiger partial charge in [0, 0.05) is 44.2 Å². The molecule has 0 amide bonds. The Balaban J connectivity index is 2.25. The molecule has 5 heteroatoms. The van der Waals surface area contributed by atoms with E-state index in [4.69, 9.17) is 0 Å². The molecule has 1 aliphatic heterocycles. The van der Waals surface area contributed by atoms with Gasteiger partial charge in [-0.3, -0.25) is 4.90 Å². The normalized spacial score (nSPS) is 18.8. The Morgan fingerprint density at radius 3 is 2.53 bits per heavy atom. The van der Waals surface area contributed by atoms with E-state index in [1.165, 1.54) is 6.07 Å². The molecule has 1 N–H and O–H groups in total. The van der Waals surface area contributed by atoms with Crippen LogP contribution in [0.3, 0.4) is 0 Å². The highest BCUT2D eigenvalue weighted by atomic mass is 19.3. The fourth-order valence-corrected chi connectivity index (χ4v) is 2.54. The summed E-state index contributed by atoms with van der Waals surface area (Å²) < 4.78 is 39.6. The highest BCUT2D eigenvalue weighted by Crippen LogP contribution is 2.29. The van der Waals surface area contributed by atoms with Gasteiger partial charge in [0.15, 0.2) is 0 Å². The van der Waals surface area contributed by atoms with Gasteiger partial charge >= 0.3 is 0 Å². The van der Waals surface area contributed by atoms with Crippen molar-refractivity contribution in [2.75, 3.05) is 26.2 Å². The molecule has 106 valence electrons. The molecule has 0 bridgehead atoms. The molecule has 0 unspecified atom stereocenters. The number of rotatable bonds is 4. The number of piperazine rings is 1. The Kier molecular flexibility index (Phi) is 4.82. The minimum Gasteiger partial charge on any atom is -0.314 e. The lowest BCUT2D eigenvalue weighted by atomic mass is 9.99. The molecule has 0 radical (unpaired) electrons. The highest BCUT2D eigenvalue weighted by Gasteiger charge is 2.27. The standard InChI is InChI=1S/C14H19F3N2/c1-10-2-3-11(12(15)8-10)13(9-14(16)17)19-6-4-18-5-7-19/h2-3,8,13-14,18H,4-7,9H2,1H3/t13-/m1/s1. The predicted octanol–water partition coefficient (Wildman–Crippen LogP) is 2.74. The first-order chi connectivity index (χ1) is 9.08. The van der Waals surface area contributed by atoms with Crippen LogP contribution < -0.4 is 5.32 Å². The number of hydrogen-bond acceptors (Lipinski definition) is 2. The Labute approximate surface area is 111 Å². The second-order valence-electron chi connectivity index (χ2n) is 4.95. The Hall–Kier alpha value is -1.07. The van der Waals surface area contributed by atoms with Crippen molar-refractivity contribution in [1.82, 2.24) is 10.2 Å². The zero-order valence-corrected chi connectivity index (χ0v) is 11.0. The van der Waals surface area contributed by atoms with E-state index in [1.807, 2.05) is 4.90 Å². The molecule has 1 saturated heterocycles. The summed E-state index contributed by atoms with van der Waals surface area (Å²) in [5.41, 5.74) is 1.19. The van der Waals surface area contributed by atoms with Gasteiger partial charge in [0.25, 0.3) is 0 Å². The van der Waals surface area contributed by atoms with E-state index in [0.717, 1.165) is 18.7 Å². The monoisotopic (exact) mass is 272 g/mol. The number of hydrogen-bond donors (Lipinski definition) is 1. The van der Waals surface area contributed by atoms with Crippen molar-refractivity contribution in [3.63, 3.8) is 0 Å². The fraction of sp³-hybridized carbons (Fsp3) is 0.571. The maximum Gasteiger partial charge on any atom is 0.240 e. The summed E-state index contributed by atoms with van der Waals surface area (Å²) in [7, 11) is 0. The molecule has 1 fully saturated rings. The molecule has 0 saturated carbocycles. The first kappa shape index (κ1) is 14.3. The predicted molar refractivity (Wildman–Crippen MR) is 68.9 cm³/mol.